The van der Waals surface area contributed by atoms with Gasteiger partial charge < -0.3 is 16.4 Å². The lowest BCUT2D eigenvalue weighted by molar-refractivity contribution is -0.119. The molecule has 0 saturated heterocycles. The summed E-state index contributed by atoms with van der Waals surface area (Å²) in [7, 11) is 0. The van der Waals surface area contributed by atoms with Crippen molar-refractivity contribution in [2.75, 3.05) is 25.0 Å². The van der Waals surface area contributed by atoms with Crippen molar-refractivity contribution in [1.82, 2.24) is 5.32 Å². The summed E-state index contributed by atoms with van der Waals surface area (Å²) in [6.07, 6.45) is 1.61. The van der Waals surface area contributed by atoms with Gasteiger partial charge in [-0.15, -0.1) is 0 Å². The van der Waals surface area contributed by atoms with E-state index in [1.807, 2.05) is 6.07 Å². The zero-order valence-electron chi connectivity index (χ0n) is 14.4. The van der Waals surface area contributed by atoms with Crippen molar-refractivity contribution in [1.29, 1.82) is 0 Å². The van der Waals surface area contributed by atoms with Gasteiger partial charge in [0.1, 0.15) is 0 Å². The molecule has 26 heavy (non-hydrogen) atoms. The minimum absolute atomic E-state index is 0.00792. The molecule has 0 fully saturated rings. The van der Waals surface area contributed by atoms with Crippen LogP contribution in [0.5, 0.6) is 0 Å². The molecule has 0 radical (unpaired) electrons. The van der Waals surface area contributed by atoms with Crippen LogP contribution in [0.1, 0.15) is 44.7 Å². The molecule has 2 aromatic rings. The molecule has 0 bridgehead atoms. The molecular weight excluding hydrogens is 330 g/mol. The second-order valence-corrected chi connectivity index (χ2v) is 6.12. The first-order chi connectivity index (χ1) is 12.6. The Morgan fingerprint density at radius 1 is 0.846 bits per heavy atom. The first kappa shape index (κ1) is 17.8. The standard InChI is InChI=1S/C20H21N3O3/c21-12-17(24)23-11-4-3-10-22-16-9-5-8-15-18(16)20(26)14-7-2-1-6-13(14)19(15)25/h1-2,5-9,22H,3-4,10-12,21H2,(H,23,24). The monoisotopic (exact) mass is 351 g/mol. The van der Waals surface area contributed by atoms with Gasteiger partial charge in [0.2, 0.25) is 5.91 Å². The average Bonchev–Trinajstić information content (AvgIpc) is 2.68. The maximum atomic E-state index is 12.9. The van der Waals surface area contributed by atoms with Gasteiger partial charge in [-0.2, -0.15) is 0 Å². The third kappa shape index (κ3) is 3.50. The fourth-order valence-electron chi connectivity index (χ4n) is 3.07. The number of hydrogen-bond acceptors (Lipinski definition) is 5. The molecule has 1 aliphatic carbocycles. The van der Waals surface area contributed by atoms with Crippen molar-refractivity contribution in [2.24, 2.45) is 5.73 Å². The van der Waals surface area contributed by atoms with Crippen LogP contribution in [0.3, 0.4) is 0 Å². The summed E-state index contributed by atoms with van der Waals surface area (Å²) in [6.45, 7) is 1.19. The van der Waals surface area contributed by atoms with Gasteiger partial charge in [-0.1, -0.05) is 36.4 Å². The molecule has 6 nitrogen and oxygen atoms in total. The highest BCUT2D eigenvalue weighted by molar-refractivity contribution is 6.30. The number of ketones is 2. The zero-order chi connectivity index (χ0) is 18.5. The van der Waals surface area contributed by atoms with Crippen LogP contribution in [0.4, 0.5) is 5.69 Å². The second-order valence-electron chi connectivity index (χ2n) is 6.12. The van der Waals surface area contributed by atoms with Crippen LogP contribution < -0.4 is 16.4 Å². The molecule has 134 valence electrons. The largest absolute Gasteiger partial charge is 0.384 e. The molecule has 6 heteroatoms. The Hall–Kier alpha value is -2.99. The fourth-order valence-corrected chi connectivity index (χ4v) is 3.07. The molecular formula is C20H21N3O3. The van der Waals surface area contributed by atoms with Crippen LogP contribution in [0.2, 0.25) is 0 Å². The van der Waals surface area contributed by atoms with E-state index in [2.05, 4.69) is 10.6 Å². The maximum absolute atomic E-state index is 12.9. The summed E-state index contributed by atoms with van der Waals surface area (Å²) in [6, 6.07) is 12.2. The Morgan fingerprint density at radius 2 is 1.50 bits per heavy atom. The zero-order valence-corrected chi connectivity index (χ0v) is 14.4. The minimum atomic E-state index is -0.169. The Morgan fingerprint density at radius 3 is 2.23 bits per heavy atom. The van der Waals surface area contributed by atoms with Gasteiger partial charge in [0, 0.05) is 35.5 Å². The van der Waals surface area contributed by atoms with Crippen LogP contribution in [-0.2, 0) is 4.79 Å². The molecule has 0 heterocycles. The number of unbranched alkanes of at least 4 members (excludes halogenated alkanes) is 1. The number of amides is 1. The molecule has 2 aromatic carbocycles. The van der Waals surface area contributed by atoms with Crippen molar-refractivity contribution >= 4 is 23.2 Å². The topological polar surface area (TPSA) is 101 Å². The van der Waals surface area contributed by atoms with Crippen LogP contribution in [-0.4, -0.2) is 37.1 Å². The van der Waals surface area contributed by atoms with Crippen molar-refractivity contribution < 1.29 is 14.4 Å². The Bertz CT molecular complexity index is 861. The van der Waals surface area contributed by atoms with Crippen molar-refractivity contribution in [3.63, 3.8) is 0 Å². The van der Waals surface area contributed by atoms with E-state index in [0.29, 0.717) is 41.0 Å². The highest BCUT2D eigenvalue weighted by atomic mass is 16.2. The average molecular weight is 351 g/mol. The molecule has 4 N–H and O–H groups in total. The number of nitrogens with two attached hydrogens (primary N) is 1. The normalized spacial score (nSPS) is 12.3. The fraction of sp³-hybridized carbons (Fsp3) is 0.250. The lowest BCUT2D eigenvalue weighted by Crippen LogP contribution is -2.31. The molecule has 0 spiro atoms. The van der Waals surface area contributed by atoms with Crippen LogP contribution in [0.25, 0.3) is 0 Å². The summed E-state index contributed by atoms with van der Waals surface area (Å²) in [5.41, 5.74) is 7.68. The molecule has 3 rings (SSSR count). The quantitative estimate of drug-likeness (QED) is 0.563. The summed E-state index contributed by atoms with van der Waals surface area (Å²) >= 11 is 0. The van der Waals surface area contributed by atoms with Gasteiger partial charge in [-0.25, -0.2) is 0 Å². The highest BCUT2D eigenvalue weighted by Gasteiger charge is 2.31. The summed E-state index contributed by atoms with van der Waals surface area (Å²) in [4.78, 5) is 36.6. The summed E-state index contributed by atoms with van der Waals surface area (Å²) in [5, 5.41) is 5.96. The van der Waals surface area contributed by atoms with Gasteiger partial charge in [0.15, 0.2) is 11.6 Å². The molecule has 1 aliphatic rings. The Kier molecular flexibility index (Phi) is 5.43. The van der Waals surface area contributed by atoms with Gasteiger partial charge in [0.25, 0.3) is 0 Å². The molecule has 0 saturated carbocycles. The van der Waals surface area contributed by atoms with E-state index >= 15 is 0 Å². The van der Waals surface area contributed by atoms with Gasteiger partial charge in [-0.05, 0) is 18.9 Å². The maximum Gasteiger partial charge on any atom is 0.233 e. The smallest absolute Gasteiger partial charge is 0.233 e. The minimum Gasteiger partial charge on any atom is -0.384 e. The van der Waals surface area contributed by atoms with E-state index in [9.17, 15) is 14.4 Å². The number of carbonyl (C=O) groups excluding carboxylic acids is 3. The molecule has 0 aromatic heterocycles. The lowest BCUT2D eigenvalue weighted by Gasteiger charge is -2.20. The lowest BCUT2D eigenvalue weighted by atomic mass is 9.83. The Labute approximate surface area is 151 Å². The number of nitrogens with one attached hydrogen (secondary N) is 2. The van der Waals surface area contributed by atoms with E-state index < -0.39 is 0 Å². The number of rotatable bonds is 7. The highest BCUT2D eigenvalue weighted by Crippen LogP contribution is 2.31. The second kappa shape index (κ2) is 7.93. The number of fused-ring (bicyclic) bond motifs is 2. The van der Waals surface area contributed by atoms with E-state index in [4.69, 9.17) is 5.73 Å². The molecule has 0 unspecified atom stereocenters. The van der Waals surface area contributed by atoms with Gasteiger partial charge in [-0.3, -0.25) is 14.4 Å². The van der Waals surface area contributed by atoms with Gasteiger partial charge in [0.05, 0.1) is 12.1 Å². The molecule has 0 aliphatic heterocycles. The third-order valence-corrected chi connectivity index (χ3v) is 4.38. The predicted molar refractivity (Wildman–Crippen MR) is 99.5 cm³/mol. The first-order valence-corrected chi connectivity index (χ1v) is 8.65. The number of benzene rings is 2. The number of anilines is 1. The van der Waals surface area contributed by atoms with Crippen molar-refractivity contribution in [3.8, 4) is 0 Å². The van der Waals surface area contributed by atoms with Crippen molar-refractivity contribution in [3.05, 3.63) is 64.7 Å². The van der Waals surface area contributed by atoms with Crippen LogP contribution in [0.15, 0.2) is 42.5 Å². The number of hydrogen-bond donors (Lipinski definition) is 3. The summed E-state index contributed by atoms with van der Waals surface area (Å²) in [5.74, 6) is -0.422. The van der Waals surface area contributed by atoms with E-state index in [-0.39, 0.29) is 24.0 Å². The van der Waals surface area contributed by atoms with Crippen molar-refractivity contribution in [2.45, 2.75) is 12.8 Å². The van der Waals surface area contributed by atoms with E-state index in [1.165, 1.54) is 0 Å². The van der Waals surface area contributed by atoms with E-state index in [1.54, 1.807) is 36.4 Å². The SMILES string of the molecule is NCC(=O)NCCCCNc1cccc2c1C(=O)c1ccccc1C2=O. The first-order valence-electron chi connectivity index (χ1n) is 8.65. The predicted octanol–water partition coefficient (Wildman–Crippen LogP) is 1.73. The van der Waals surface area contributed by atoms with Crippen LogP contribution >= 0.6 is 0 Å². The van der Waals surface area contributed by atoms with E-state index in [0.717, 1.165) is 12.8 Å². The van der Waals surface area contributed by atoms with Crippen LogP contribution in [0, 0.1) is 0 Å². The number of carbonyl (C=O) groups is 3. The van der Waals surface area contributed by atoms with Gasteiger partial charge >= 0.3 is 0 Å². The molecule has 0 atom stereocenters. The summed E-state index contributed by atoms with van der Waals surface area (Å²) < 4.78 is 0. The Balaban J connectivity index is 1.69. The molecule has 1 amide bonds. The third-order valence-electron chi connectivity index (χ3n) is 4.38.